The van der Waals surface area contributed by atoms with Crippen LogP contribution >= 0.6 is 0 Å². The predicted octanol–water partition coefficient (Wildman–Crippen LogP) is 3.31. The highest BCUT2D eigenvalue weighted by Crippen LogP contribution is 2.29. The molecule has 0 aliphatic rings. The molecule has 0 saturated carbocycles. The van der Waals surface area contributed by atoms with E-state index in [1.54, 1.807) is 6.20 Å². The summed E-state index contributed by atoms with van der Waals surface area (Å²) in [4.78, 5) is 4.17. The number of ether oxygens (including phenoxy) is 2. The van der Waals surface area contributed by atoms with Gasteiger partial charge in [-0.2, -0.15) is 0 Å². The number of pyridine rings is 1. The maximum Gasteiger partial charge on any atom is 0.262 e. The van der Waals surface area contributed by atoms with E-state index < -0.39 is 0 Å². The van der Waals surface area contributed by atoms with Crippen molar-refractivity contribution in [3.63, 3.8) is 0 Å². The largest absolute Gasteiger partial charge is 0.488 e. The van der Waals surface area contributed by atoms with Gasteiger partial charge in [-0.3, -0.25) is 0 Å². The highest BCUT2D eigenvalue weighted by molar-refractivity contribution is 5.47. The van der Waals surface area contributed by atoms with Gasteiger partial charge in [0, 0.05) is 18.9 Å². The van der Waals surface area contributed by atoms with E-state index >= 15 is 0 Å². The van der Waals surface area contributed by atoms with Crippen LogP contribution in [-0.2, 0) is 0 Å². The maximum absolute atomic E-state index is 5.70. The first-order valence-electron chi connectivity index (χ1n) is 5.87. The summed E-state index contributed by atoms with van der Waals surface area (Å²) in [5, 5.41) is 3.05. The van der Waals surface area contributed by atoms with Gasteiger partial charge in [0.05, 0.1) is 6.61 Å². The molecule has 2 rings (SSSR count). The van der Waals surface area contributed by atoms with E-state index in [4.69, 9.17) is 9.47 Å². The zero-order chi connectivity index (χ0) is 12.8. The summed E-state index contributed by atoms with van der Waals surface area (Å²) in [6.07, 6.45) is 1.68. The van der Waals surface area contributed by atoms with E-state index in [0.29, 0.717) is 18.2 Å². The van der Waals surface area contributed by atoms with Gasteiger partial charge in [0.1, 0.15) is 5.75 Å². The summed E-state index contributed by atoms with van der Waals surface area (Å²) in [6.45, 7) is 2.51. The van der Waals surface area contributed by atoms with E-state index in [0.717, 1.165) is 11.4 Å². The molecule has 0 radical (unpaired) electrons. The van der Waals surface area contributed by atoms with Crippen molar-refractivity contribution in [3.05, 3.63) is 42.6 Å². The number of nitrogens with one attached hydrogen (secondary N) is 1. The fraction of sp³-hybridized carbons (Fsp3) is 0.214. The van der Waals surface area contributed by atoms with Gasteiger partial charge >= 0.3 is 0 Å². The number of anilines is 1. The van der Waals surface area contributed by atoms with Crippen LogP contribution in [-0.4, -0.2) is 18.6 Å². The molecule has 18 heavy (non-hydrogen) atoms. The summed E-state index contributed by atoms with van der Waals surface area (Å²) in [5.41, 5.74) is 1.04. The smallest absolute Gasteiger partial charge is 0.262 e. The van der Waals surface area contributed by atoms with E-state index in [9.17, 15) is 0 Å². The van der Waals surface area contributed by atoms with Gasteiger partial charge in [-0.1, -0.05) is 0 Å². The Morgan fingerprint density at radius 2 is 1.94 bits per heavy atom. The molecule has 2 aromatic rings. The van der Waals surface area contributed by atoms with Crippen LogP contribution in [0.3, 0.4) is 0 Å². The first-order valence-corrected chi connectivity index (χ1v) is 5.87. The number of rotatable bonds is 5. The molecular formula is C14H16N2O2. The summed E-state index contributed by atoms with van der Waals surface area (Å²) in [5.74, 6) is 1.86. The molecule has 0 spiro atoms. The SMILES string of the molecule is CCOc1cccnc1Oc1ccc(NC)cc1. The van der Waals surface area contributed by atoms with Crippen LogP contribution in [0.15, 0.2) is 42.6 Å². The molecule has 0 aliphatic carbocycles. The van der Waals surface area contributed by atoms with Crippen molar-refractivity contribution in [1.29, 1.82) is 0 Å². The first-order chi connectivity index (χ1) is 8.83. The predicted molar refractivity (Wildman–Crippen MR) is 71.5 cm³/mol. The minimum Gasteiger partial charge on any atom is -0.488 e. The average Bonchev–Trinajstić information content (AvgIpc) is 2.42. The van der Waals surface area contributed by atoms with Crippen LogP contribution in [0, 0.1) is 0 Å². The number of hydrogen-bond acceptors (Lipinski definition) is 4. The van der Waals surface area contributed by atoms with E-state index in [-0.39, 0.29) is 0 Å². The van der Waals surface area contributed by atoms with Crippen molar-refractivity contribution in [2.24, 2.45) is 0 Å². The number of hydrogen-bond donors (Lipinski definition) is 1. The molecule has 4 nitrogen and oxygen atoms in total. The topological polar surface area (TPSA) is 43.4 Å². The maximum atomic E-state index is 5.70. The van der Waals surface area contributed by atoms with Gasteiger partial charge in [-0.25, -0.2) is 4.98 Å². The number of nitrogens with zero attached hydrogens (tertiary/aromatic N) is 1. The fourth-order valence-corrected chi connectivity index (χ4v) is 1.52. The van der Waals surface area contributed by atoms with Gasteiger partial charge in [-0.15, -0.1) is 0 Å². The summed E-state index contributed by atoms with van der Waals surface area (Å²) in [6, 6.07) is 11.3. The molecule has 0 amide bonds. The molecule has 0 saturated heterocycles. The van der Waals surface area contributed by atoms with Gasteiger partial charge in [0.2, 0.25) is 0 Å². The molecule has 0 bridgehead atoms. The number of aromatic nitrogens is 1. The summed E-state index contributed by atoms with van der Waals surface area (Å²) >= 11 is 0. The molecule has 1 aromatic carbocycles. The van der Waals surface area contributed by atoms with Crippen molar-refractivity contribution in [2.45, 2.75) is 6.92 Å². The highest BCUT2D eigenvalue weighted by atomic mass is 16.5. The van der Waals surface area contributed by atoms with Gasteiger partial charge in [0.25, 0.3) is 5.88 Å². The van der Waals surface area contributed by atoms with Crippen LogP contribution < -0.4 is 14.8 Å². The molecule has 0 unspecified atom stereocenters. The zero-order valence-corrected chi connectivity index (χ0v) is 10.5. The Labute approximate surface area is 107 Å². The lowest BCUT2D eigenvalue weighted by Gasteiger charge is -2.10. The summed E-state index contributed by atoms with van der Waals surface area (Å²) < 4.78 is 11.2. The Bertz CT molecular complexity index is 497. The second kappa shape index (κ2) is 5.91. The lowest BCUT2D eigenvalue weighted by atomic mass is 10.3. The second-order valence-corrected chi connectivity index (χ2v) is 3.62. The standard InChI is InChI=1S/C14H16N2O2/c1-3-17-13-5-4-10-16-14(13)18-12-8-6-11(15-2)7-9-12/h4-10,15H,3H2,1-2H3. The Hall–Kier alpha value is -2.23. The first kappa shape index (κ1) is 12.2. The second-order valence-electron chi connectivity index (χ2n) is 3.62. The van der Waals surface area contributed by atoms with Gasteiger partial charge in [0.15, 0.2) is 5.75 Å². The molecule has 4 heteroatoms. The van der Waals surface area contributed by atoms with Crippen molar-refractivity contribution in [3.8, 4) is 17.4 Å². The minimum absolute atomic E-state index is 0.483. The quantitative estimate of drug-likeness (QED) is 0.876. The Morgan fingerprint density at radius 1 is 1.17 bits per heavy atom. The Morgan fingerprint density at radius 3 is 2.61 bits per heavy atom. The average molecular weight is 244 g/mol. The Kier molecular flexibility index (Phi) is 4.02. The molecule has 94 valence electrons. The van der Waals surface area contributed by atoms with Crippen molar-refractivity contribution in [1.82, 2.24) is 4.98 Å². The normalized spacial score (nSPS) is 9.89. The van der Waals surface area contributed by atoms with Crippen LogP contribution in [0.4, 0.5) is 5.69 Å². The zero-order valence-electron chi connectivity index (χ0n) is 10.5. The fourth-order valence-electron chi connectivity index (χ4n) is 1.52. The molecule has 1 N–H and O–H groups in total. The lowest BCUT2D eigenvalue weighted by molar-refractivity contribution is 0.316. The van der Waals surface area contributed by atoms with Crippen molar-refractivity contribution < 1.29 is 9.47 Å². The summed E-state index contributed by atoms with van der Waals surface area (Å²) in [7, 11) is 1.88. The van der Waals surface area contributed by atoms with E-state index in [2.05, 4.69) is 10.3 Å². The van der Waals surface area contributed by atoms with Crippen molar-refractivity contribution in [2.75, 3.05) is 19.0 Å². The lowest BCUT2D eigenvalue weighted by Crippen LogP contribution is -1.96. The molecule has 0 aliphatic heterocycles. The molecule has 0 atom stereocenters. The molecule has 1 aromatic heterocycles. The molecule has 1 heterocycles. The molecule has 0 fully saturated rings. The Balaban J connectivity index is 2.17. The van der Waals surface area contributed by atoms with E-state index in [1.807, 2.05) is 50.4 Å². The van der Waals surface area contributed by atoms with Gasteiger partial charge < -0.3 is 14.8 Å². The molecular weight excluding hydrogens is 228 g/mol. The van der Waals surface area contributed by atoms with Crippen LogP contribution in [0.1, 0.15) is 6.92 Å². The third-order valence-corrected chi connectivity index (χ3v) is 2.39. The van der Waals surface area contributed by atoms with E-state index in [1.165, 1.54) is 0 Å². The van der Waals surface area contributed by atoms with Crippen molar-refractivity contribution >= 4 is 5.69 Å². The van der Waals surface area contributed by atoms with Crippen LogP contribution in [0.5, 0.6) is 17.4 Å². The third kappa shape index (κ3) is 2.91. The number of benzene rings is 1. The van der Waals surface area contributed by atoms with Crippen LogP contribution in [0.2, 0.25) is 0 Å². The third-order valence-electron chi connectivity index (χ3n) is 2.39. The van der Waals surface area contributed by atoms with Crippen LogP contribution in [0.25, 0.3) is 0 Å². The van der Waals surface area contributed by atoms with Gasteiger partial charge in [-0.05, 0) is 43.3 Å². The monoisotopic (exact) mass is 244 g/mol. The highest BCUT2D eigenvalue weighted by Gasteiger charge is 2.06. The minimum atomic E-state index is 0.483.